The lowest BCUT2D eigenvalue weighted by Gasteiger charge is -2.21. The number of benzene rings is 4. The topological polar surface area (TPSA) is 43.6 Å². The van der Waals surface area contributed by atoms with Crippen LogP contribution >= 0.6 is 0 Å². The van der Waals surface area contributed by atoms with Gasteiger partial charge in [-0.3, -0.25) is 0 Å². The van der Waals surface area contributed by atoms with Gasteiger partial charge >= 0.3 is 0 Å². The molecule has 0 radical (unpaired) electrons. The van der Waals surface area contributed by atoms with Gasteiger partial charge in [-0.15, -0.1) is 0 Å². The first kappa shape index (κ1) is 24.1. The Bertz CT molecular complexity index is 1600. The van der Waals surface area contributed by atoms with Crippen LogP contribution in [0.1, 0.15) is 54.5 Å². The summed E-state index contributed by atoms with van der Waals surface area (Å²) in [7, 11) is 0. The molecule has 0 saturated carbocycles. The summed E-state index contributed by atoms with van der Waals surface area (Å²) >= 11 is 0. The predicted octanol–water partition coefficient (Wildman–Crippen LogP) is 8.93. The van der Waals surface area contributed by atoms with Gasteiger partial charge in [0.2, 0.25) is 0 Å². The number of nitrogens with one attached hydrogen (secondary N) is 3. The number of H-pyrrole nitrogens is 2. The van der Waals surface area contributed by atoms with Crippen molar-refractivity contribution in [2.24, 2.45) is 0 Å². The Morgan fingerprint density at radius 1 is 0.658 bits per heavy atom. The molecule has 0 fully saturated rings. The molecule has 0 amide bonds. The van der Waals surface area contributed by atoms with Crippen molar-refractivity contribution in [2.45, 2.75) is 45.1 Å². The summed E-state index contributed by atoms with van der Waals surface area (Å²) in [5.41, 5.74) is 10.3. The van der Waals surface area contributed by atoms with E-state index in [9.17, 15) is 0 Å². The maximum Gasteiger partial charge on any atom is 0.0457 e. The van der Waals surface area contributed by atoms with E-state index in [1.807, 2.05) is 0 Å². The smallest absolute Gasteiger partial charge is 0.0457 e. The van der Waals surface area contributed by atoms with Gasteiger partial charge in [0.25, 0.3) is 0 Å². The van der Waals surface area contributed by atoms with Crippen LogP contribution in [-0.4, -0.2) is 9.97 Å². The molecule has 0 saturated heterocycles. The molecule has 2 heterocycles. The number of aromatic nitrogens is 2. The highest BCUT2D eigenvalue weighted by molar-refractivity contribution is 5.88. The van der Waals surface area contributed by atoms with Crippen molar-refractivity contribution in [2.75, 3.05) is 5.32 Å². The van der Waals surface area contributed by atoms with Crippen LogP contribution < -0.4 is 5.32 Å². The molecule has 38 heavy (non-hydrogen) atoms. The summed E-state index contributed by atoms with van der Waals surface area (Å²) in [5, 5.41) is 6.31. The molecule has 0 aliphatic rings. The Kier molecular flexibility index (Phi) is 6.29. The minimum atomic E-state index is 0.165. The standard InChI is InChI=1S/C35H35N3/c1-35(2,3)26-18-16-24(17-19-26)21-36-32-13-7-4-10-25(32)20-29(30-22-37-33-14-8-5-11-27(30)33)31-23-38-34-15-9-6-12-28(31)34/h4-19,22-23,29,36-38H,20-21H2,1-3H3. The normalized spacial score (nSPS) is 12.0. The number of para-hydroxylation sites is 3. The molecule has 0 spiro atoms. The number of fused-ring (bicyclic) bond motifs is 2. The van der Waals surface area contributed by atoms with Crippen LogP contribution in [0.3, 0.4) is 0 Å². The van der Waals surface area contributed by atoms with E-state index in [0.717, 1.165) is 13.0 Å². The Hall–Kier alpha value is -4.24. The van der Waals surface area contributed by atoms with Gasteiger partial charge in [0.15, 0.2) is 0 Å². The summed E-state index contributed by atoms with van der Waals surface area (Å²) in [6, 6.07) is 35.0. The Labute approximate surface area is 224 Å². The minimum Gasteiger partial charge on any atom is -0.381 e. The number of aromatic amines is 2. The molecule has 3 nitrogen and oxygen atoms in total. The largest absolute Gasteiger partial charge is 0.381 e. The zero-order valence-corrected chi connectivity index (χ0v) is 22.4. The molecule has 0 unspecified atom stereocenters. The first-order chi connectivity index (χ1) is 18.5. The van der Waals surface area contributed by atoms with E-state index in [1.54, 1.807) is 0 Å². The molecule has 3 heteroatoms. The van der Waals surface area contributed by atoms with Gasteiger partial charge in [-0.05, 0) is 57.9 Å². The second-order valence-corrected chi connectivity index (χ2v) is 11.3. The molecule has 0 atom stereocenters. The first-order valence-electron chi connectivity index (χ1n) is 13.5. The maximum atomic E-state index is 3.74. The van der Waals surface area contributed by atoms with Crippen molar-refractivity contribution in [3.8, 4) is 0 Å². The molecule has 0 bridgehead atoms. The lowest BCUT2D eigenvalue weighted by molar-refractivity contribution is 0.590. The number of hydrogen-bond donors (Lipinski definition) is 3. The summed E-state index contributed by atoms with van der Waals surface area (Å²) in [5.74, 6) is 0.205. The van der Waals surface area contributed by atoms with Crippen molar-refractivity contribution >= 4 is 27.5 Å². The van der Waals surface area contributed by atoms with Crippen LogP contribution in [0.15, 0.2) is 109 Å². The van der Waals surface area contributed by atoms with E-state index in [1.165, 1.54) is 55.3 Å². The molecule has 0 aliphatic heterocycles. The van der Waals surface area contributed by atoms with Gasteiger partial charge in [0.05, 0.1) is 0 Å². The molecule has 6 rings (SSSR count). The third-order valence-electron chi connectivity index (χ3n) is 7.74. The van der Waals surface area contributed by atoms with Gasteiger partial charge in [0, 0.05) is 52.3 Å². The van der Waals surface area contributed by atoms with Gasteiger partial charge in [0.1, 0.15) is 0 Å². The number of hydrogen-bond acceptors (Lipinski definition) is 1. The summed E-state index contributed by atoms with van der Waals surface area (Å²) in [6.07, 6.45) is 5.30. The van der Waals surface area contributed by atoms with E-state index in [2.05, 4.69) is 146 Å². The van der Waals surface area contributed by atoms with Crippen LogP contribution in [0.5, 0.6) is 0 Å². The van der Waals surface area contributed by atoms with E-state index in [-0.39, 0.29) is 11.3 Å². The molecular formula is C35H35N3. The van der Waals surface area contributed by atoms with Crippen LogP contribution in [0.4, 0.5) is 5.69 Å². The molecule has 4 aromatic carbocycles. The van der Waals surface area contributed by atoms with Crippen molar-refractivity contribution in [3.05, 3.63) is 137 Å². The van der Waals surface area contributed by atoms with Crippen LogP contribution in [0.25, 0.3) is 21.8 Å². The molecule has 3 N–H and O–H groups in total. The summed E-state index contributed by atoms with van der Waals surface area (Å²) in [6.45, 7) is 7.57. The van der Waals surface area contributed by atoms with Gasteiger partial charge < -0.3 is 15.3 Å². The Morgan fingerprint density at radius 2 is 1.21 bits per heavy atom. The average Bonchev–Trinajstić information content (AvgIpc) is 3.56. The van der Waals surface area contributed by atoms with Gasteiger partial charge in [-0.25, -0.2) is 0 Å². The van der Waals surface area contributed by atoms with Crippen molar-refractivity contribution < 1.29 is 0 Å². The van der Waals surface area contributed by atoms with E-state index in [4.69, 9.17) is 0 Å². The molecular weight excluding hydrogens is 462 g/mol. The molecule has 190 valence electrons. The maximum absolute atomic E-state index is 3.74. The SMILES string of the molecule is CC(C)(C)c1ccc(CNc2ccccc2CC(c2c[nH]c3ccccc23)c2c[nH]c3ccccc23)cc1. The third-order valence-corrected chi connectivity index (χ3v) is 7.74. The summed E-state index contributed by atoms with van der Waals surface area (Å²) < 4.78 is 0. The third kappa shape index (κ3) is 4.72. The predicted molar refractivity (Wildman–Crippen MR) is 161 cm³/mol. The monoisotopic (exact) mass is 497 g/mol. The van der Waals surface area contributed by atoms with Gasteiger partial charge in [-0.2, -0.15) is 0 Å². The lowest BCUT2D eigenvalue weighted by atomic mass is 9.85. The average molecular weight is 498 g/mol. The van der Waals surface area contributed by atoms with Crippen LogP contribution in [0.2, 0.25) is 0 Å². The second-order valence-electron chi connectivity index (χ2n) is 11.3. The van der Waals surface area contributed by atoms with Crippen molar-refractivity contribution in [1.29, 1.82) is 0 Å². The number of rotatable bonds is 7. The Balaban J connectivity index is 1.34. The molecule has 6 aromatic rings. The highest BCUT2D eigenvalue weighted by Gasteiger charge is 2.23. The summed E-state index contributed by atoms with van der Waals surface area (Å²) in [4.78, 5) is 7.03. The second kappa shape index (κ2) is 9.90. The van der Waals surface area contributed by atoms with Gasteiger partial charge in [-0.1, -0.05) is 99.6 Å². The van der Waals surface area contributed by atoms with E-state index >= 15 is 0 Å². The van der Waals surface area contributed by atoms with E-state index in [0.29, 0.717) is 0 Å². The minimum absolute atomic E-state index is 0.165. The highest BCUT2D eigenvalue weighted by Crippen LogP contribution is 2.38. The quantitative estimate of drug-likeness (QED) is 0.202. The zero-order valence-electron chi connectivity index (χ0n) is 22.4. The zero-order chi connectivity index (χ0) is 26.1. The van der Waals surface area contributed by atoms with Crippen molar-refractivity contribution in [1.82, 2.24) is 9.97 Å². The highest BCUT2D eigenvalue weighted by atomic mass is 14.9. The van der Waals surface area contributed by atoms with E-state index < -0.39 is 0 Å². The number of anilines is 1. The fraction of sp³-hybridized carbons (Fsp3) is 0.200. The first-order valence-corrected chi connectivity index (χ1v) is 13.5. The van der Waals surface area contributed by atoms with Crippen LogP contribution in [0, 0.1) is 0 Å². The molecule has 0 aliphatic carbocycles. The Morgan fingerprint density at radius 3 is 1.82 bits per heavy atom. The molecule has 2 aromatic heterocycles. The fourth-order valence-corrected chi connectivity index (χ4v) is 5.56. The van der Waals surface area contributed by atoms with Crippen molar-refractivity contribution in [3.63, 3.8) is 0 Å². The van der Waals surface area contributed by atoms with Crippen LogP contribution in [-0.2, 0) is 18.4 Å². The fourth-order valence-electron chi connectivity index (χ4n) is 5.56. The lowest BCUT2D eigenvalue weighted by Crippen LogP contribution is -2.11.